The molecule has 152 valence electrons. The van der Waals surface area contributed by atoms with E-state index in [1.807, 2.05) is 0 Å². The van der Waals surface area contributed by atoms with E-state index >= 15 is 0 Å². The molecule has 0 atom stereocenters. The largest absolute Gasteiger partial charge is 0.465 e. The van der Waals surface area contributed by atoms with Crippen molar-refractivity contribution in [3.8, 4) is 5.75 Å². The molecule has 0 bridgehead atoms. The van der Waals surface area contributed by atoms with Gasteiger partial charge in [0.05, 0.1) is 23.4 Å². The summed E-state index contributed by atoms with van der Waals surface area (Å²) in [7, 11) is 1.32. The highest BCUT2D eigenvalue weighted by Crippen LogP contribution is 2.22. The normalized spacial score (nSPS) is 10.1. The van der Waals surface area contributed by atoms with Crippen molar-refractivity contribution in [1.82, 2.24) is 0 Å². The molecule has 0 fully saturated rings. The number of amides is 1. The van der Waals surface area contributed by atoms with E-state index in [4.69, 9.17) is 28.6 Å². The molecule has 3 aromatic carbocycles. The quantitative estimate of drug-likeness (QED) is 0.422. The first-order valence-electron chi connectivity index (χ1n) is 8.79. The Morgan fingerprint density at radius 3 is 2.33 bits per heavy atom. The van der Waals surface area contributed by atoms with Gasteiger partial charge in [0, 0.05) is 11.3 Å². The van der Waals surface area contributed by atoms with Gasteiger partial charge in [0.2, 0.25) is 0 Å². The molecule has 0 saturated heterocycles. The van der Waals surface area contributed by atoms with E-state index in [0.29, 0.717) is 33.3 Å². The SMILES string of the molecule is COC(=O)c1ccc(NC(=S)Oc2cccc(C(=O)Nc3ccccc3Cl)c2)cc1. The van der Waals surface area contributed by atoms with Crippen molar-refractivity contribution in [3.05, 3.63) is 88.9 Å². The molecule has 0 aromatic heterocycles. The minimum absolute atomic E-state index is 0.0875. The van der Waals surface area contributed by atoms with Crippen LogP contribution < -0.4 is 15.4 Å². The van der Waals surface area contributed by atoms with Crippen molar-refractivity contribution in [1.29, 1.82) is 0 Å². The Morgan fingerprint density at radius 2 is 1.63 bits per heavy atom. The van der Waals surface area contributed by atoms with Gasteiger partial charge in [-0.15, -0.1) is 0 Å². The van der Waals surface area contributed by atoms with Crippen LogP contribution in [0.4, 0.5) is 11.4 Å². The van der Waals surface area contributed by atoms with Crippen LogP contribution in [0.5, 0.6) is 5.75 Å². The van der Waals surface area contributed by atoms with Gasteiger partial charge in [-0.2, -0.15) is 0 Å². The van der Waals surface area contributed by atoms with E-state index in [-0.39, 0.29) is 11.1 Å². The fourth-order valence-electron chi connectivity index (χ4n) is 2.52. The maximum Gasteiger partial charge on any atom is 0.337 e. The first-order chi connectivity index (χ1) is 14.5. The third kappa shape index (κ3) is 5.56. The zero-order valence-corrected chi connectivity index (χ0v) is 17.4. The van der Waals surface area contributed by atoms with Crippen LogP contribution in [0.25, 0.3) is 0 Å². The monoisotopic (exact) mass is 440 g/mol. The number of anilines is 2. The Kier molecular flexibility index (Phi) is 7.00. The van der Waals surface area contributed by atoms with Crippen LogP contribution >= 0.6 is 23.8 Å². The molecule has 0 aliphatic rings. The molecule has 3 aromatic rings. The molecule has 8 heteroatoms. The molecule has 3 rings (SSSR count). The second-order valence-corrected chi connectivity index (χ2v) is 6.82. The minimum atomic E-state index is -0.424. The molecule has 0 spiro atoms. The lowest BCUT2D eigenvalue weighted by Gasteiger charge is -2.11. The summed E-state index contributed by atoms with van der Waals surface area (Å²) >= 11 is 11.3. The molecule has 1 amide bonds. The summed E-state index contributed by atoms with van der Waals surface area (Å²) in [4.78, 5) is 24.0. The van der Waals surface area contributed by atoms with Gasteiger partial charge in [-0.05, 0) is 66.8 Å². The van der Waals surface area contributed by atoms with Crippen LogP contribution in [-0.4, -0.2) is 24.2 Å². The molecule has 2 N–H and O–H groups in total. The smallest absolute Gasteiger partial charge is 0.337 e. The van der Waals surface area contributed by atoms with E-state index in [1.165, 1.54) is 7.11 Å². The van der Waals surface area contributed by atoms with Gasteiger partial charge in [0.1, 0.15) is 5.75 Å². The first-order valence-corrected chi connectivity index (χ1v) is 9.58. The Labute approximate surface area is 183 Å². The van der Waals surface area contributed by atoms with Crippen molar-refractivity contribution in [2.45, 2.75) is 0 Å². The number of thiocarbonyl (C=S) groups is 1. The van der Waals surface area contributed by atoms with Crippen molar-refractivity contribution in [2.75, 3.05) is 17.7 Å². The lowest BCUT2D eigenvalue weighted by molar-refractivity contribution is 0.0600. The number of esters is 1. The molecule has 0 unspecified atom stereocenters. The maximum atomic E-state index is 12.5. The average Bonchev–Trinajstić information content (AvgIpc) is 2.75. The summed E-state index contributed by atoms with van der Waals surface area (Å²) in [5.74, 6) is -0.358. The zero-order valence-electron chi connectivity index (χ0n) is 15.8. The number of para-hydroxylation sites is 1. The van der Waals surface area contributed by atoms with Crippen molar-refractivity contribution in [2.24, 2.45) is 0 Å². The molecule has 0 heterocycles. The Balaban J connectivity index is 1.63. The van der Waals surface area contributed by atoms with Gasteiger partial charge >= 0.3 is 5.97 Å². The molecular weight excluding hydrogens is 424 g/mol. The number of hydrogen-bond donors (Lipinski definition) is 2. The van der Waals surface area contributed by atoms with Gasteiger partial charge in [-0.3, -0.25) is 4.79 Å². The van der Waals surface area contributed by atoms with Crippen LogP contribution in [0.15, 0.2) is 72.8 Å². The van der Waals surface area contributed by atoms with E-state index in [9.17, 15) is 9.59 Å². The van der Waals surface area contributed by atoms with Crippen molar-refractivity contribution >= 4 is 52.2 Å². The van der Waals surface area contributed by atoms with E-state index in [2.05, 4.69) is 15.4 Å². The lowest BCUT2D eigenvalue weighted by Crippen LogP contribution is -2.17. The highest BCUT2D eigenvalue weighted by molar-refractivity contribution is 7.80. The summed E-state index contributed by atoms with van der Waals surface area (Å²) < 4.78 is 10.3. The summed E-state index contributed by atoms with van der Waals surface area (Å²) in [5, 5.41) is 6.20. The minimum Gasteiger partial charge on any atom is -0.465 e. The molecular formula is C22H17ClN2O4S. The Hall–Kier alpha value is -3.42. The first kappa shape index (κ1) is 21.3. The third-order valence-electron chi connectivity index (χ3n) is 3.98. The summed E-state index contributed by atoms with van der Waals surface area (Å²) in [5.41, 5.74) is 1.97. The third-order valence-corrected chi connectivity index (χ3v) is 4.50. The summed E-state index contributed by atoms with van der Waals surface area (Å²) in [6, 6.07) is 20.1. The molecule has 0 aliphatic carbocycles. The van der Waals surface area contributed by atoms with Crippen molar-refractivity contribution < 1.29 is 19.1 Å². The molecule has 6 nitrogen and oxygen atoms in total. The number of halogens is 1. The molecule has 30 heavy (non-hydrogen) atoms. The summed E-state index contributed by atoms with van der Waals surface area (Å²) in [6.45, 7) is 0. The van der Waals surface area contributed by atoms with E-state index in [1.54, 1.807) is 72.8 Å². The number of ether oxygens (including phenoxy) is 2. The van der Waals surface area contributed by atoms with Crippen LogP contribution in [0.2, 0.25) is 5.02 Å². The highest BCUT2D eigenvalue weighted by Gasteiger charge is 2.11. The number of nitrogens with one attached hydrogen (secondary N) is 2. The number of methoxy groups -OCH3 is 1. The fraction of sp³-hybridized carbons (Fsp3) is 0.0455. The highest BCUT2D eigenvalue weighted by atomic mass is 35.5. The summed E-state index contributed by atoms with van der Waals surface area (Å²) in [6.07, 6.45) is 0. The number of carbonyl (C=O) groups excluding carboxylic acids is 2. The van der Waals surface area contributed by atoms with Gasteiger partial charge in [-0.1, -0.05) is 29.8 Å². The number of hydrogen-bond acceptors (Lipinski definition) is 5. The Bertz CT molecular complexity index is 1090. The maximum absolute atomic E-state index is 12.5. The average molecular weight is 441 g/mol. The number of benzene rings is 3. The number of rotatable bonds is 5. The van der Waals surface area contributed by atoms with Crippen LogP contribution in [-0.2, 0) is 4.74 Å². The standard InChI is InChI=1S/C22H17ClN2O4S/c1-28-21(27)14-9-11-16(12-10-14)24-22(30)29-17-6-4-5-15(13-17)20(26)25-19-8-3-2-7-18(19)23/h2-13H,1H3,(H,24,30)(H,25,26). The van der Waals surface area contributed by atoms with E-state index < -0.39 is 5.97 Å². The fourth-order valence-corrected chi connectivity index (χ4v) is 2.91. The second kappa shape index (κ2) is 9.87. The number of carbonyl (C=O) groups is 2. The topological polar surface area (TPSA) is 76.7 Å². The van der Waals surface area contributed by atoms with Crippen LogP contribution in [0, 0.1) is 0 Å². The van der Waals surface area contributed by atoms with Gasteiger partial charge in [0.25, 0.3) is 11.1 Å². The van der Waals surface area contributed by atoms with Crippen LogP contribution in [0.1, 0.15) is 20.7 Å². The zero-order chi connectivity index (χ0) is 21.5. The molecule has 0 saturated carbocycles. The second-order valence-electron chi connectivity index (χ2n) is 6.05. The molecule has 0 radical (unpaired) electrons. The van der Waals surface area contributed by atoms with Crippen molar-refractivity contribution in [3.63, 3.8) is 0 Å². The predicted molar refractivity (Wildman–Crippen MR) is 120 cm³/mol. The lowest BCUT2D eigenvalue weighted by atomic mass is 10.2. The predicted octanol–water partition coefficient (Wildman–Crippen LogP) is 5.15. The molecule has 0 aliphatic heterocycles. The van der Waals surface area contributed by atoms with Gasteiger partial charge < -0.3 is 20.1 Å². The van der Waals surface area contributed by atoms with Gasteiger partial charge in [0.15, 0.2) is 0 Å². The van der Waals surface area contributed by atoms with Gasteiger partial charge in [-0.25, -0.2) is 4.79 Å². The van der Waals surface area contributed by atoms with Crippen LogP contribution in [0.3, 0.4) is 0 Å². The Morgan fingerprint density at radius 1 is 0.900 bits per heavy atom. The van der Waals surface area contributed by atoms with E-state index in [0.717, 1.165) is 0 Å².